The van der Waals surface area contributed by atoms with E-state index in [-0.39, 0.29) is 12.5 Å². The van der Waals surface area contributed by atoms with Gasteiger partial charge in [-0.25, -0.2) is 9.97 Å². The van der Waals surface area contributed by atoms with Crippen LogP contribution < -0.4 is 4.90 Å². The van der Waals surface area contributed by atoms with Crippen LogP contribution in [0.4, 0.5) is 5.69 Å². The zero-order chi connectivity index (χ0) is 14.5. The molecular formula is C16H27N3O. The van der Waals surface area contributed by atoms with E-state index in [1.807, 2.05) is 6.20 Å². The summed E-state index contributed by atoms with van der Waals surface area (Å²) in [7, 11) is 2.08. The molecular weight excluding hydrogens is 250 g/mol. The summed E-state index contributed by atoms with van der Waals surface area (Å²) >= 11 is 0. The molecule has 20 heavy (non-hydrogen) atoms. The highest BCUT2D eigenvalue weighted by molar-refractivity contribution is 5.48. The number of nitrogens with zero attached hydrogens (tertiary/aromatic N) is 3. The normalized spacial score (nSPS) is 16.6. The Kier molecular flexibility index (Phi) is 5.35. The predicted molar refractivity (Wildman–Crippen MR) is 81.9 cm³/mol. The predicted octanol–water partition coefficient (Wildman–Crippen LogP) is 3.11. The molecule has 1 aliphatic rings. The van der Waals surface area contributed by atoms with E-state index in [9.17, 15) is 5.11 Å². The average molecular weight is 277 g/mol. The van der Waals surface area contributed by atoms with Crippen LogP contribution in [0.2, 0.25) is 0 Å². The summed E-state index contributed by atoms with van der Waals surface area (Å²) in [6, 6.07) is 0. The Bertz CT molecular complexity index is 428. The molecule has 2 rings (SSSR count). The molecule has 1 aromatic rings. The molecule has 0 amide bonds. The molecule has 1 aromatic heterocycles. The molecule has 0 saturated heterocycles. The Labute approximate surface area is 122 Å². The van der Waals surface area contributed by atoms with Crippen LogP contribution in [0, 0.1) is 5.92 Å². The zero-order valence-corrected chi connectivity index (χ0v) is 13.0. The molecule has 0 atom stereocenters. The second kappa shape index (κ2) is 7.02. The topological polar surface area (TPSA) is 49.2 Å². The van der Waals surface area contributed by atoms with Crippen LogP contribution in [0.25, 0.3) is 0 Å². The minimum atomic E-state index is -0.0212. The number of anilines is 1. The molecule has 0 aromatic carbocycles. The molecule has 1 saturated carbocycles. The maximum absolute atomic E-state index is 9.56. The van der Waals surface area contributed by atoms with Crippen LogP contribution in [-0.4, -0.2) is 28.7 Å². The van der Waals surface area contributed by atoms with Gasteiger partial charge in [0.15, 0.2) is 0 Å². The van der Waals surface area contributed by atoms with Gasteiger partial charge in [0.25, 0.3) is 0 Å². The summed E-state index contributed by atoms with van der Waals surface area (Å²) in [6.45, 7) is 5.16. The van der Waals surface area contributed by atoms with E-state index < -0.39 is 0 Å². The summed E-state index contributed by atoms with van der Waals surface area (Å²) in [5.41, 5.74) is 1.73. The van der Waals surface area contributed by atoms with Crippen LogP contribution in [0.1, 0.15) is 63.4 Å². The van der Waals surface area contributed by atoms with Crippen LogP contribution in [0.5, 0.6) is 0 Å². The fraction of sp³-hybridized carbons (Fsp3) is 0.750. The molecule has 1 N–H and O–H groups in total. The first kappa shape index (κ1) is 15.2. The molecule has 1 heterocycles. The molecule has 1 fully saturated rings. The number of hydrogen-bond donors (Lipinski definition) is 1. The van der Waals surface area contributed by atoms with E-state index in [2.05, 4.69) is 35.8 Å². The molecule has 0 spiro atoms. The molecule has 0 bridgehead atoms. The molecule has 112 valence electrons. The highest BCUT2D eigenvalue weighted by Gasteiger charge is 2.18. The molecule has 4 heteroatoms. The van der Waals surface area contributed by atoms with Gasteiger partial charge in [0.1, 0.15) is 5.82 Å². The first-order valence-electron chi connectivity index (χ1n) is 7.79. The van der Waals surface area contributed by atoms with Gasteiger partial charge in [-0.15, -0.1) is 0 Å². The van der Waals surface area contributed by atoms with Crippen molar-refractivity contribution >= 4 is 5.69 Å². The van der Waals surface area contributed by atoms with E-state index in [0.717, 1.165) is 29.7 Å². The Balaban J connectivity index is 2.09. The fourth-order valence-corrected chi connectivity index (χ4v) is 2.99. The molecule has 0 aliphatic heterocycles. The van der Waals surface area contributed by atoms with Crippen molar-refractivity contribution in [3.8, 4) is 0 Å². The van der Waals surface area contributed by atoms with Gasteiger partial charge in [-0.3, -0.25) is 0 Å². The van der Waals surface area contributed by atoms with Gasteiger partial charge < -0.3 is 10.0 Å². The van der Waals surface area contributed by atoms with Crippen molar-refractivity contribution in [3.05, 3.63) is 17.7 Å². The molecule has 4 nitrogen and oxygen atoms in total. The van der Waals surface area contributed by atoms with Crippen molar-refractivity contribution in [3.63, 3.8) is 0 Å². The average Bonchev–Trinajstić information content (AvgIpc) is 2.47. The van der Waals surface area contributed by atoms with Gasteiger partial charge >= 0.3 is 0 Å². The van der Waals surface area contributed by atoms with Gasteiger partial charge in [0, 0.05) is 19.5 Å². The smallest absolute Gasteiger partial charge is 0.131 e. The zero-order valence-electron chi connectivity index (χ0n) is 13.0. The van der Waals surface area contributed by atoms with Crippen LogP contribution in [-0.2, 0) is 6.61 Å². The highest BCUT2D eigenvalue weighted by Crippen LogP contribution is 2.27. The Hall–Kier alpha value is -1.16. The SMILES string of the molecule is CC(C)c1ncc(N(C)CC2CCCCC2)c(CO)n1. The van der Waals surface area contributed by atoms with Crippen LogP contribution in [0.15, 0.2) is 6.20 Å². The fourth-order valence-electron chi connectivity index (χ4n) is 2.99. The quantitative estimate of drug-likeness (QED) is 0.898. The van der Waals surface area contributed by atoms with Crippen molar-refractivity contribution in [2.45, 2.75) is 58.5 Å². The van der Waals surface area contributed by atoms with Crippen LogP contribution in [0.3, 0.4) is 0 Å². The second-order valence-corrected chi connectivity index (χ2v) is 6.26. The highest BCUT2D eigenvalue weighted by atomic mass is 16.3. The van der Waals surface area contributed by atoms with Gasteiger partial charge in [-0.05, 0) is 18.8 Å². The molecule has 0 unspecified atom stereocenters. The lowest BCUT2D eigenvalue weighted by atomic mass is 9.89. The van der Waals surface area contributed by atoms with Gasteiger partial charge in [-0.2, -0.15) is 0 Å². The second-order valence-electron chi connectivity index (χ2n) is 6.26. The maximum atomic E-state index is 9.56. The minimum absolute atomic E-state index is 0.0212. The summed E-state index contributed by atoms with van der Waals surface area (Å²) in [5.74, 6) is 1.87. The van der Waals surface area contributed by atoms with E-state index in [1.165, 1.54) is 32.1 Å². The third-order valence-corrected chi connectivity index (χ3v) is 4.20. The van der Waals surface area contributed by atoms with Gasteiger partial charge in [0.05, 0.1) is 24.2 Å². The summed E-state index contributed by atoms with van der Waals surface area (Å²) in [5, 5.41) is 9.56. The lowest BCUT2D eigenvalue weighted by molar-refractivity contribution is 0.276. The van der Waals surface area contributed by atoms with E-state index in [1.54, 1.807) is 0 Å². The van der Waals surface area contributed by atoms with Crippen molar-refractivity contribution in [1.29, 1.82) is 0 Å². The molecule has 1 aliphatic carbocycles. The lowest BCUT2D eigenvalue weighted by Crippen LogP contribution is -2.28. The van der Waals surface area contributed by atoms with Crippen molar-refractivity contribution in [1.82, 2.24) is 9.97 Å². The summed E-state index contributed by atoms with van der Waals surface area (Å²) < 4.78 is 0. The van der Waals surface area contributed by atoms with Crippen molar-refractivity contribution in [2.24, 2.45) is 5.92 Å². The standard InChI is InChI=1S/C16H27N3O/c1-12(2)16-17-9-15(14(11-20)18-16)19(3)10-13-7-5-4-6-8-13/h9,12-13,20H,4-8,10-11H2,1-3H3. The number of hydrogen-bond acceptors (Lipinski definition) is 4. The summed E-state index contributed by atoms with van der Waals surface area (Å²) in [6.07, 6.45) is 8.61. The van der Waals surface area contributed by atoms with E-state index in [4.69, 9.17) is 0 Å². The van der Waals surface area contributed by atoms with Gasteiger partial charge in [0.2, 0.25) is 0 Å². The van der Waals surface area contributed by atoms with E-state index >= 15 is 0 Å². The van der Waals surface area contributed by atoms with Gasteiger partial charge in [-0.1, -0.05) is 33.1 Å². The first-order valence-corrected chi connectivity index (χ1v) is 7.79. The third-order valence-electron chi connectivity index (χ3n) is 4.20. The van der Waals surface area contributed by atoms with Crippen LogP contribution >= 0.6 is 0 Å². The maximum Gasteiger partial charge on any atom is 0.131 e. The number of aromatic nitrogens is 2. The number of aliphatic hydroxyl groups excluding tert-OH is 1. The first-order chi connectivity index (χ1) is 9.61. The Morgan fingerprint density at radius 3 is 2.60 bits per heavy atom. The Morgan fingerprint density at radius 2 is 2.00 bits per heavy atom. The van der Waals surface area contributed by atoms with Crippen molar-refractivity contribution in [2.75, 3.05) is 18.5 Å². The van der Waals surface area contributed by atoms with Crippen molar-refractivity contribution < 1.29 is 5.11 Å². The minimum Gasteiger partial charge on any atom is -0.390 e. The van der Waals surface area contributed by atoms with E-state index in [0.29, 0.717) is 0 Å². The monoisotopic (exact) mass is 277 g/mol. The number of rotatable bonds is 5. The molecule has 0 radical (unpaired) electrons. The third kappa shape index (κ3) is 3.69. The Morgan fingerprint density at radius 1 is 1.30 bits per heavy atom. The summed E-state index contributed by atoms with van der Waals surface area (Å²) in [4.78, 5) is 11.2. The lowest BCUT2D eigenvalue weighted by Gasteiger charge is -2.29. The number of aliphatic hydroxyl groups is 1. The largest absolute Gasteiger partial charge is 0.390 e.